The van der Waals surface area contributed by atoms with E-state index in [2.05, 4.69) is 27.0 Å². The summed E-state index contributed by atoms with van der Waals surface area (Å²) in [4.78, 5) is 101. The van der Waals surface area contributed by atoms with Crippen molar-refractivity contribution in [2.75, 3.05) is 44.2 Å². The first kappa shape index (κ1) is 38.3. The van der Waals surface area contributed by atoms with E-state index in [0.29, 0.717) is 52.4 Å². The molecule has 1 unspecified atom stereocenters. The van der Waals surface area contributed by atoms with Crippen LogP contribution >= 0.6 is 0 Å². The van der Waals surface area contributed by atoms with Crippen LogP contribution < -0.4 is 10.2 Å². The molecule has 7 aliphatic heterocycles. The van der Waals surface area contributed by atoms with Crippen molar-refractivity contribution in [3.8, 4) is 0 Å². The van der Waals surface area contributed by atoms with E-state index in [-0.39, 0.29) is 54.3 Å². The van der Waals surface area contributed by atoms with Gasteiger partial charge in [-0.1, -0.05) is 6.07 Å². The van der Waals surface area contributed by atoms with Crippen LogP contribution in [0.3, 0.4) is 0 Å². The number of carbonyl (C=O) groups excluding carboxylic acids is 7. The highest BCUT2D eigenvalue weighted by atomic mass is 16.2. The lowest BCUT2D eigenvalue weighted by Crippen LogP contribution is -2.54. The van der Waals surface area contributed by atoms with Gasteiger partial charge in [0.1, 0.15) is 6.04 Å². The summed E-state index contributed by atoms with van der Waals surface area (Å²) in [6.45, 7) is 8.93. The number of hydrogen-bond acceptors (Lipinski definition) is 10. The second-order valence-corrected chi connectivity index (χ2v) is 17.5. The van der Waals surface area contributed by atoms with Crippen LogP contribution in [-0.2, 0) is 69.4 Å². The summed E-state index contributed by atoms with van der Waals surface area (Å²) in [5, 5.41) is 7.62. The topological polar surface area (TPSA) is 169 Å². The summed E-state index contributed by atoms with van der Waals surface area (Å²) in [5.41, 5.74) is 9.48. The molecule has 1 atom stereocenters. The highest BCUT2D eigenvalue weighted by Crippen LogP contribution is 2.42. The van der Waals surface area contributed by atoms with E-state index in [1.165, 1.54) is 28.1 Å². The first-order valence-corrected chi connectivity index (χ1v) is 21.3. The molecule has 3 aromatic rings. The second kappa shape index (κ2) is 14.7. The normalized spacial score (nSPS) is 21.8. The predicted molar refractivity (Wildman–Crippen MR) is 216 cm³/mol. The van der Waals surface area contributed by atoms with Gasteiger partial charge in [0.2, 0.25) is 29.5 Å². The molecule has 2 fully saturated rings. The molecule has 0 aliphatic carbocycles. The Morgan fingerprint density at radius 1 is 0.683 bits per heavy atom. The fourth-order valence-corrected chi connectivity index (χ4v) is 10.6. The Morgan fingerprint density at radius 2 is 1.35 bits per heavy atom. The molecule has 16 heteroatoms. The summed E-state index contributed by atoms with van der Waals surface area (Å²) in [5.74, 6) is -1.01. The molecule has 0 spiro atoms. The average molecular weight is 816 g/mol. The second-order valence-electron chi connectivity index (χ2n) is 17.5. The Kier molecular flexibility index (Phi) is 9.37. The van der Waals surface area contributed by atoms with E-state index >= 15 is 0 Å². The summed E-state index contributed by atoms with van der Waals surface area (Å²) in [6, 6.07) is 7.14. The Labute approximate surface area is 347 Å². The number of carbonyl (C=O) groups is 7. The van der Waals surface area contributed by atoms with Gasteiger partial charge >= 0.3 is 0 Å². The van der Waals surface area contributed by atoms with Gasteiger partial charge in [0.05, 0.1) is 30.3 Å². The molecule has 1 aromatic heterocycles. The van der Waals surface area contributed by atoms with Crippen LogP contribution in [0.25, 0.3) is 0 Å². The zero-order valence-electron chi connectivity index (χ0n) is 34.1. The minimum Gasteiger partial charge on any atom is -0.341 e. The van der Waals surface area contributed by atoms with E-state index in [9.17, 15) is 33.6 Å². The number of piperidine rings is 2. The molecule has 7 aliphatic rings. The molecule has 8 heterocycles. The number of nitrogens with zero attached hydrogens (tertiary/aromatic N) is 8. The molecule has 7 amide bonds. The number of imide groups is 2. The van der Waals surface area contributed by atoms with Crippen molar-refractivity contribution >= 4 is 52.9 Å². The number of benzene rings is 2. The Morgan fingerprint density at radius 3 is 2.03 bits per heavy atom. The molecule has 2 saturated heterocycles. The first-order valence-electron chi connectivity index (χ1n) is 21.3. The van der Waals surface area contributed by atoms with Crippen molar-refractivity contribution in [3.05, 3.63) is 74.5 Å². The van der Waals surface area contributed by atoms with Gasteiger partial charge in [0.25, 0.3) is 11.8 Å². The maximum absolute atomic E-state index is 13.8. The third-order valence-electron chi connectivity index (χ3n) is 13.8. The number of aromatic nitrogens is 2. The Bertz CT molecular complexity index is 2370. The van der Waals surface area contributed by atoms with Crippen LogP contribution in [0.4, 0.5) is 11.5 Å². The monoisotopic (exact) mass is 815 g/mol. The summed E-state index contributed by atoms with van der Waals surface area (Å²) in [7, 11) is 0. The molecule has 0 radical (unpaired) electrons. The van der Waals surface area contributed by atoms with Crippen molar-refractivity contribution in [2.24, 2.45) is 0 Å². The van der Waals surface area contributed by atoms with Crippen molar-refractivity contribution < 1.29 is 33.6 Å². The molecule has 60 heavy (non-hydrogen) atoms. The van der Waals surface area contributed by atoms with Gasteiger partial charge in [0, 0.05) is 96.0 Å². The molecule has 312 valence electrons. The number of nitrogens with one attached hydrogen (secondary N) is 1. The minimum absolute atomic E-state index is 0.0324. The Hall–Kier alpha value is -5.90. The number of hydrogen-bond donors (Lipinski definition) is 1. The van der Waals surface area contributed by atoms with Gasteiger partial charge in [-0.05, 0) is 84.5 Å². The molecular formula is C44H49N9O7. The molecule has 1 N–H and O–H groups in total. The van der Waals surface area contributed by atoms with Crippen molar-refractivity contribution in [3.63, 3.8) is 0 Å². The fraction of sp³-hybridized carbons (Fsp3) is 0.500. The lowest BCUT2D eigenvalue weighted by Gasteiger charge is -2.35. The molecular weight excluding hydrogens is 767 g/mol. The van der Waals surface area contributed by atoms with Gasteiger partial charge in [-0.2, -0.15) is 5.10 Å². The smallest absolute Gasteiger partial charge is 0.262 e. The van der Waals surface area contributed by atoms with Gasteiger partial charge in [-0.15, -0.1) is 0 Å². The van der Waals surface area contributed by atoms with Crippen LogP contribution in [0, 0.1) is 0 Å². The lowest BCUT2D eigenvalue weighted by molar-refractivity contribution is -0.136. The van der Waals surface area contributed by atoms with Gasteiger partial charge in [-0.25, -0.2) is 0 Å². The molecule has 10 rings (SSSR count). The SMILES string of the molecule is CC(=O)N1CCc2cc3c(cc2C1)CCCN3c1nn(C2CCN(C(=O)CN3Cc4cc5c(cc4C3)C(=O)N(C3CCC(=O)NC3=O)C5=O)CC2)c2c1CN(C(C)=O)CC2. The third-order valence-corrected chi connectivity index (χ3v) is 13.8. The van der Waals surface area contributed by atoms with Crippen LogP contribution in [0.1, 0.15) is 112 Å². The zero-order chi connectivity index (χ0) is 41.6. The van der Waals surface area contributed by atoms with E-state index < -0.39 is 29.7 Å². The standard InChI is InChI=1S/C44H49N9O7/c1-25(54)49-12-7-27-19-38-28(16-29(27)22-49)4-3-11-51(38)41-35-23-50(26(2)55)15-10-36(35)53(46-41)32-8-13-48(14-9-32)40(57)24-47-20-30-17-33-34(18-31(30)21-47)44(60)52(43(33)59)37-5-6-39(56)45-42(37)58/h16-19,32,37H,3-15,20-24H2,1-2H3,(H,45,56,58). The number of amides is 7. The van der Waals surface area contributed by atoms with Crippen molar-refractivity contribution in [2.45, 2.75) is 103 Å². The zero-order valence-corrected chi connectivity index (χ0v) is 34.1. The number of rotatable bonds is 5. The van der Waals surface area contributed by atoms with Gasteiger partial charge in [-0.3, -0.25) is 53.4 Å². The summed E-state index contributed by atoms with van der Waals surface area (Å²) in [6.07, 6.45) is 5.16. The van der Waals surface area contributed by atoms with E-state index in [1.54, 1.807) is 26.0 Å². The predicted octanol–water partition coefficient (Wildman–Crippen LogP) is 2.36. The molecule has 0 saturated carbocycles. The third kappa shape index (κ3) is 6.46. The maximum Gasteiger partial charge on any atom is 0.262 e. The first-order chi connectivity index (χ1) is 28.9. The molecule has 0 bridgehead atoms. The van der Waals surface area contributed by atoms with Crippen molar-refractivity contribution in [1.82, 2.24) is 39.6 Å². The molecule has 2 aromatic carbocycles. The van der Waals surface area contributed by atoms with Crippen LogP contribution in [0.2, 0.25) is 0 Å². The molecule has 16 nitrogen and oxygen atoms in total. The van der Waals surface area contributed by atoms with Crippen LogP contribution in [0.5, 0.6) is 0 Å². The number of aryl methyl sites for hydroxylation is 1. The van der Waals surface area contributed by atoms with Crippen LogP contribution in [0.15, 0.2) is 24.3 Å². The Balaban J connectivity index is 0.820. The van der Waals surface area contributed by atoms with E-state index in [0.717, 1.165) is 72.5 Å². The highest BCUT2D eigenvalue weighted by molar-refractivity contribution is 6.23. The number of anilines is 2. The van der Waals surface area contributed by atoms with Crippen LogP contribution in [-0.4, -0.2) is 121 Å². The maximum atomic E-state index is 13.8. The summed E-state index contributed by atoms with van der Waals surface area (Å²) >= 11 is 0. The number of likely N-dealkylation sites (tertiary alicyclic amines) is 1. The van der Waals surface area contributed by atoms with E-state index in [4.69, 9.17) is 5.10 Å². The minimum atomic E-state index is -1.01. The van der Waals surface area contributed by atoms with Gasteiger partial charge < -0.3 is 19.6 Å². The highest BCUT2D eigenvalue weighted by Gasteiger charge is 2.46. The fourth-order valence-electron chi connectivity index (χ4n) is 10.6. The number of fused-ring (bicyclic) bond motifs is 5. The summed E-state index contributed by atoms with van der Waals surface area (Å²) < 4.78 is 2.21. The van der Waals surface area contributed by atoms with Gasteiger partial charge in [0.15, 0.2) is 5.82 Å². The lowest BCUT2D eigenvalue weighted by atomic mass is 9.91. The quantitative estimate of drug-likeness (QED) is 0.378. The average Bonchev–Trinajstić information content (AvgIpc) is 3.89. The van der Waals surface area contributed by atoms with E-state index in [1.807, 2.05) is 19.6 Å². The largest absolute Gasteiger partial charge is 0.341 e. The van der Waals surface area contributed by atoms with Crippen molar-refractivity contribution in [1.29, 1.82) is 0 Å².